The molecular formula is C17H21N5. The largest absolute Gasteiger partial charge is 0.325 e. The van der Waals surface area contributed by atoms with Gasteiger partial charge in [-0.3, -0.25) is 0 Å². The number of anilines is 1. The lowest BCUT2D eigenvalue weighted by molar-refractivity contribution is 0.694. The highest BCUT2D eigenvalue weighted by Crippen LogP contribution is 2.23. The van der Waals surface area contributed by atoms with Crippen molar-refractivity contribution in [3.05, 3.63) is 41.7 Å². The zero-order valence-electron chi connectivity index (χ0n) is 12.9. The minimum Gasteiger partial charge on any atom is -0.325 e. The second kappa shape index (κ2) is 6.61. The van der Waals surface area contributed by atoms with Crippen LogP contribution in [0.3, 0.4) is 0 Å². The molecule has 5 nitrogen and oxygen atoms in total. The Labute approximate surface area is 131 Å². The van der Waals surface area contributed by atoms with Gasteiger partial charge in [0.25, 0.3) is 0 Å². The van der Waals surface area contributed by atoms with Crippen LogP contribution in [0.1, 0.15) is 30.7 Å². The van der Waals surface area contributed by atoms with Crippen molar-refractivity contribution < 1.29 is 0 Å². The first kappa shape index (κ1) is 14.6. The fraction of sp³-hybridized carbons (Fsp3) is 0.471. The Morgan fingerprint density at radius 2 is 2.09 bits per heavy atom. The molecule has 0 bridgehead atoms. The number of rotatable bonds is 5. The van der Waals surface area contributed by atoms with Gasteiger partial charge in [0, 0.05) is 20.0 Å². The summed E-state index contributed by atoms with van der Waals surface area (Å²) >= 11 is 0. The Bertz CT molecular complexity index is 655. The van der Waals surface area contributed by atoms with E-state index in [2.05, 4.69) is 45.3 Å². The predicted molar refractivity (Wildman–Crippen MR) is 85.5 cm³/mol. The van der Waals surface area contributed by atoms with Crippen LogP contribution in [-0.4, -0.2) is 27.4 Å². The van der Waals surface area contributed by atoms with E-state index in [1.54, 1.807) is 0 Å². The molecule has 1 unspecified atom stereocenters. The minimum atomic E-state index is -0.0555. The van der Waals surface area contributed by atoms with Crippen LogP contribution in [0.4, 0.5) is 5.95 Å². The van der Waals surface area contributed by atoms with Crippen LogP contribution in [0, 0.1) is 11.3 Å². The summed E-state index contributed by atoms with van der Waals surface area (Å²) in [6.07, 6.45) is 4.92. The highest BCUT2D eigenvalue weighted by molar-refractivity contribution is 5.37. The van der Waals surface area contributed by atoms with Crippen molar-refractivity contribution in [3.8, 4) is 6.07 Å². The van der Waals surface area contributed by atoms with Crippen LogP contribution in [-0.2, 0) is 19.9 Å². The molecular weight excluding hydrogens is 274 g/mol. The third-order valence-electron chi connectivity index (χ3n) is 4.15. The molecule has 1 aliphatic rings. The van der Waals surface area contributed by atoms with Crippen LogP contribution >= 0.6 is 0 Å². The van der Waals surface area contributed by atoms with Gasteiger partial charge in [-0.15, -0.1) is 0 Å². The molecule has 1 aliphatic heterocycles. The van der Waals surface area contributed by atoms with Gasteiger partial charge in [0.1, 0.15) is 6.04 Å². The monoisotopic (exact) mass is 295 g/mol. The third-order valence-corrected chi connectivity index (χ3v) is 4.15. The van der Waals surface area contributed by atoms with Gasteiger partial charge in [-0.25, -0.2) is 4.68 Å². The second-order valence-corrected chi connectivity index (χ2v) is 5.77. The minimum absolute atomic E-state index is 0.0555. The maximum atomic E-state index is 9.21. The van der Waals surface area contributed by atoms with E-state index in [1.807, 2.05) is 17.8 Å². The van der Waals surface area contributed by atoms with E-state index < -0.39 is 0 Å². The second-order valence-electron chi connectivity index (χ2n) is 5.77. The number of hydrogen-bond donors (Lipinski definition) is 0. The molecule has 22 heavy (non-hydrogen) atoms. The summed E-state index contributed by atoms with van der Waals surface area (Å²) in [6, 6.07) is 12.8. The lowest BCUT2D eigenvalue weighted by Crippen LogP contribution is -2.30. The number of aryl methyl sites for hydroxylation is 3. The van der Waals surface area contributed by atoms with Crippen LogP contribution in [0.2, 0.25) is 0 Å². The summed E-state index contributed by atoms with van der Waals surface area (Å²) in [7, 11) is 1.91. The van der Waals surface area contributed by atoms with Crippen molar-refractivity contribution in [1.82, 2.24) is 14.8 Å². The molecule has 0 amide bonds. The van der Waals surface area contributed by atoms with E-state index in [0.29, 0.717) is 0 Å². The van der Waals surface area contributed by atoms with Crippen LogP contribution in [0.5, 0.6) is 0 Å². The molecule has 0 spiro atoms. The van der Waals surface area contributed by atoms with Crippen LogP contribution in [0.15, 0.2) is 30.3 Å². The van der Waals surface area contributed by atoms with Gasteiger partial charge in [0.05, 0.1) is 6.07 Å². The van der Waals surface area contributed by atoms with Crippen molar-refractivity contribution in [1.29, 1.82) is 5.26 Å². The molecule has 2 heterocycles. The van der Waals surface area contributed by atoms with Crippen molar-refractivity contribution in [2.24, 2.45) is 7.05 Å². The molecule has 2 aromatic rings. The normalized spacial score (nSPS) is 17.6. The maximum Gasteiger partial charge on any atom is 0.224 e. The lowest BCUT2D eigenvalue weighted by Gasteiger charge is -2.19. The van der Waals surface area contributed by atoms with Gasteiger partial charge in [-0.1, -0.05) is 30.3 Å². The summed E-state index contributed by atoms with van der Waals surface area (Å²) in [5.41, 5.74) is 1.35. The van der Waals surface area contributed by atoms with Gasteiger partial charge < -0.3 is 4.90 Å². The van der Waals surface area contributed by atoms with Crippen LogP contribution < -0.4 is 4.90 Å². The summed E-state index contributed by atoms with van der Waals surface area (Å²) < 4.78 is 1.81. The maximum absolute atomic E-state index is 9.21. The zero-order valence-corrected chi connectivity index (χ0v) is 12.9. The lowest BCUT2D eigenvalue weighted by atomic mass is 10.1. The molecule has 114 valence electrons. The van der Waals surface area contributed by atoms with Crippen molar-refractivity contribution in [2.75, 3.05) is 11.4 Å². The fourth-order valence-corrected chi connectivity index (χ4v) is 3.02. The van der Waals surface area contributed by atoms with E-state index in [4.69, 9.17) is 0 Å². The molecule has 5 heteroatoms. The Hall–Kier alpha value is -2.35. The molecule has 3 rings (SSSR count). The van der Waals surface area contributed by atoms with Gasteiger partial charge in [-0.2, -0.15) is 15.3 Å². The molecule has 0 N–H and O–H groups in total. The molecule has 1 atom stereocenters. The quantitative estimate of drug-likeness (QED) is 0.850. The number of aromatic nitrogens is 3. The average Bonchev–Trinajstić information content (AvgIpc) is 3.14. The van der Waals surface area contributed by atoms with E-state index in [0.717, 1.165) is 50.4 Å². The SMILES string of the molecule is Cn1nc(CCCc2ccccc2)nc1N1CCCC1C#N. The predicted octanol–water partition coefficient (Wildman–Crippen LogP) is 2.48. The Morgan fingerprint density at radius 1 is 1.27 bits per heavy atom. The highest BCUT2D eigenvalue weighted by Gasteiger charge is 2.28. The van der Waals surface area contributed by atoms with Crippen molar-refractivity contribution in [2.45, 2.75) is 38.1 Å². The molecule has 1 aromatic carbocycles. The molecule has 0 aliphatic carbocycles. The Kier molecular flexibility index (Phi) is 4.38. The van der Waals surface area contributed by atoms with Gasteiger partial charge in [0.15, 0.2) is 5.82 Å². The van der Waals surface area contributed by atoms with E-state index >= 15 is 0 Å². The number of hydrogen-bond acceptors (Lipinski definition) is 4. The number of nitrogens with zero attached hydrogens (tertiary/aromatic N) is 5. The van der Waals surface area contributed by atoms with Crippen molar-refractivity contribution >= 4 is 5.95 Å². The summed E-state index contributed by atoms with van der Waals surface area (Å²) in [4.78, 5) is 6.72. The first-order valence-electron chi connectivity index (χ1n) is 7.88. The third kappa shape index (κ3) is 3.11. The summed E-state index contributed by atoms with van der Waals surface area (Å²) in [5, 5.41) is 13.7. The highest BCUT2D eigenvalue weighted by atomic mass is 15.4. The molecule has 1 fully saturated rings. The van der Waals surface area contributed by atoms with Gasteiger partial charge in [0.2, 0.25) is 5.95 Å². The molecule has 1 saturated heterocycles. The summed E-state index contributed by atoms with van der Waals surface area (Å²) in [5.74, 6) is 1.70. The van der Waals surface area contributed by atoms with E-state index in [-0.39, 0.29) is 6.04 Å². The Morgan fingerprint density at radius 3 is 2.86 bits per heavy atom. The topological polar surface area (TPSA) is 57.7 Å². The standard InChI is InChI=1S/C17H21N5/c1-21-17(22-12-6-10-15(22)13-18)19-16(20-21)11-5-9-14-7-3-2-4-8-14/h2-4,7-8,15H,5-6,9-12H2,1H3. The van der Waals surface area contributed by atoms with E-state index in [9.17, 15) is 5.26 Å². The van der Waals surface area contributed by atoms with E-state index in [1.165, 1.54) is 5.56 Å². The summed E-state index contributed by atoms with van der Waals surface area (Å²) in [6.45, 7) is 0.897. The molecule has 1 aromatic heterocycles. The first-order valence-corrected chi connectivity index (χ1v) is 7.88. The number of nitriles is 1. The Balaban J connectivity index is 1.62. The average molecular weight is 295 g/mol. The van der Waals surface area contributed by atoms with Gasteiger partial charge >= 0.3 is 0 Å². The molecule has 0 radical (unpaired) electrons. The van der Waals surface area contributed by atoms with Crippen molar-refractivity contribution in [3.63, 3.8) is 0 Å². The zero-order chi connectivity index (χ0) is 15.4. The molecule has 0 saturated carbocycles. The van der Waals surface area contributed by atoms with Crippen LogP contribution in [0.25, 0.3) is 0 Å². The fourth-order valence-electron chi connectivity index (χ4n) is 3.02. The smallest absolute Gasteiger partial charge is 0.224 e. The van der Waals surface area contributed by atoms with Gasteiger partial charge in [-0.05, 0) is 31.2 Å². The number of benzene rings is 1. The first-order chi connectivity index (χ1) is 10.8.